The van der Waals surface area contributed by atoms with E-state index in [1.165, 1.54) is 0 Å². The fourth-order valence-corrected chi connectivity index (χ4v) is 2.01. The highest BCUT2D eigenvalue weighted by Crippen LogP contribution is 2.23. The van der Waals surface area contributed by atoms with Crippen LogP contribution in [0.4, 0.5) is 0 Å². The Morgan fingerprint density at radius 2 is 2.24 bits per heavy atom. The van der Waals surface area contributed by atoms with Gasteiger partial charge in [0, 0.05) is 11.0 Å². The van der Waals surface area contributed by atoms with Crippen molar-refractivity contribution in [3.05, 3.63) is 57.4 Å². The van der Waals surface area contributed by atoms with Crippen molar-refractivity contribution in [1.82, 2.24) is 5.32 Å². The summed E-state index contributed by atoms with van der Waals surface area (Å²) in [6, 6.07) is 9.99. The Balaban J connectivity index is 1.96. The summed E-state index contributed by atoms with van der Waals surface area (Å²) in [7, 11) is 0. The van der Waals surface area contributed by atoms with Crippen LogP contribution < -0.4 is 5.32 Å². The molecule has 0 unspecified atom stereocenters. The van der Waals surface area contributed by atoms with Crippen LogP contribution in [0.25, 0.3) is 0 Å². The summed E-state index contributed by atoms with van der Waals surface area (Å²) in [5.41, 5.74) is 1.15. The van der Waals surface area contributed by atoms with Crippen molar-refractivity contribution >= 4 is 27.5 Å². The van der Waals surface area contributed by atoms with Gasteiger partial charge in [0.05, 0.1) is 17.3 Å². The zero-order valence-electron chi connectivity index (χ0n) is 9.41. The summed E-state index contributed by atoms with van der Waals surface area (Å²) >= 11 is 9.41. The lowest BCUT2D eigenvalue weighted by atomic mass is 10.2. The van der Waals surface area contributed by atoms with Gasteiger partial charge in [-0.2, -0.15) is 0 Å². The zero-order valence-corrected chi connectivity index (χ0v) is 11.8. The standard InChI is InChI=1S/C13H13BrClNO/c1-9(13-3-2-6-17-13)16-8-10-4-5-11(14)12(15)7-10/h2-7,9,16H,8H2,1H3/t9-/m1/s1. The van der Waals surface area contributed by atoms with Crippen molar-refractivity contribution in [3.63, 3.8) is 0 Å². The topological polar surface area (TPSA) is 25.2 Å². The van der Waals surface area contributed by atoms with Crippen LogP contribution in [0.1, 0.15) is 24.3 Å². The molecule has 0 aliphatic heterocycles. The molecule has 0 bridgehead atoms. The van der Waals surface area contributed by atoms with E-state index in [4.69, 9.17) is 16.0 Å². The molecule has 0 fully saturated rings. The van der Waals surface area contributed by atoms with Crippen molar-refractivity contribution in [2.75, 3.05) is 0 Å². The van der Waals surface area contributed by atoms with Crippen molar-refractivity contribution in [2.24, 2.45) is 0 Å². The maximum atomic E-state index is 6.04. The Labute approximate surface area is 114 Å². The predicted octanol–water partition coefficient (Wildman–Crippen LogP) is 4.55. The Bertz CT molecular complexity index is 484. The SMILES string of the molecule is C[C@@H](NCc1ccc(Br)c(Cl)c1)c1ccco1. The average Bonchev–Trinajstić information content (AvgIpc) is 2.84. The molecule has 2 rings (SSSR count). The van der Waals surface area contributed by atoms with Crippen LogP contribution in [0.15, 0.2) is 45.5 Å². The molecule has 1 aromatic carbocycles. The van der Waals surface area contributed by atoms with Gasteiger partial charge in [0.2, 0.25) is 0 Å². The molecule has 0 spiro atoms. The van der Waals surface area contributed by atoms with Crippen LogP contribution in [0, 0.1) is 0 Å². The molecular weight excluding hydrogens is 302 g/mol. The van der Waals surface area contributed by atoms with E-state index >= 15 is 0 Å². The minimum atomic E-state index is 0.187. The van der Waals surface area contributed by atoms with E-state index in [1.54, 1.807) is 6.26 Å². The third kappa shape index (κ3) is 3.35. The van der Waals surface area contributed by atoms with Gasteiger partial charge in [-0.05, 0) is 52.7 Å². The molecule has 17 heavy (non-hydrogen) atoms. The van der Waals surface area contributed by atoms with E-state index in [9.17, 15) is 0 Å². The highest BCUT2D eigenvalue weighted by atomic mass is 79.9. The van der Waals surface area contributed by atoms with E-state index in [-0.39, 0.29) is 6.04 Å². The first-order valence-electron chi connectivity index (χ1n) is 5.37. The number of furan rings is 1. The third-order valence-electron chi connectivity index (χ3n) is 2.57. The molecule has 2 aromatic rings. The summed E-state index contributed by atoms with van der Waals surface area (Å²) in [5, 5.41) is 4.11. The Hall–Kier alpha value is -0.770. The van der Waals surface area contributed by atoms with Crippen LogP contribution in [0.3, 0.4) is 0 Å². The highest BCUT2D eigenvalue weighted by molar-refractivity contribution is 9.10. The lowest BCUT2D eigenvalue weighted by Gasteiger charge is -2.11. The highest BCUT2D eigenvalue weighted by Gasteiger charge is 2.07. The molecule has 0 saturated carbocycles. The van der Waals surface area contributed by atoms with Crippen LogP contribution in [-0.4, -0.2) is 0 Å². The summed E-state index contributed by atoms with van der Waals surface area (Å²) in [6.07, 6.45) is 1.68. The van der Waals surface area contributed by atoms with Gasteiger partial charge in [-0.1, -0.05) is 17.7 Å². The van der Waals surface area contributed by atoms with Crippen molar-refractivity contribution in [1.29, 1.82) is 0 Å². The lowest BCUT2D eigenvalue weighted by Crippen LogP contribution is -2.17. The Kier molecular flexibility index (Phi) is 4.26. The number of hydrogen-bond acceptors (Lipinski definition) is 2. The second kappa shape index (κ2) is 5.71. The number of nitrogens with one attached hydrogen (secondary N) is 1. The Morgan fingerprint density at radius 3 is 2.88 bits per heavy atom. The zero-order chi connectivity index (χ0) is 12.3. The second-order valence-corrected chi connectivity index (χ2v) is 5.13. The smallest absolute Gasteiger partial charge is 0.120 e. The molecule has 1 aromatic heterocycles. The van der Waals surface area contributed by atoms with E-state index in [0.29, 0.717) is 0 Å². The molecule has 0 amide bonds. The van der Waals surface area contributed by atoms with E-state index in [1.807, 2.05) is 30.3 Å². The quantitative estimate of drug-likeness (QED) is 0.896. The van der Waals surface area contributed by atoms with Gasteiger partial charge in [-0.3, -0.25) is 0 Å². The van der Waals surface area contributed by atoms with Crippen molar-refractivity contribution in [3.8, 4) is 0 Å². The Morgan fingerprint density at radius 1 is 1.41 bits per heavy atom. The van der Waals surface area contributed by atoms with Gasteiger partial charge in [-0.25, -0.2) is 0 Å². The third-order valence-corrected chi connectivity index (χ3v) is 3.80. The molecule has 1 atom stereocenters. The van der Waals surface area contributed by atoms with Gasteiger partial charge in [0.25, 0.3) is 0 Å². The van der Waals surface area contributed by atoms with Crippen LogP contribution in [0.2, 0.25) is 5.02 Å². The first kappa shape index (κ1) is 12.7. The number of benzene rings is 1. The van der Waals surface area contributed by atoms with Gasteiger partial charge >= 0.3 is 0 Å². The largest absolute Gasteiger partial charge is 0.468 e. The van der Waals surface area contributed by atoms with E-state index < -0.39 is 0 Å². The average molecular weight is 315 g/mol. The molecule has 1 N–H and O–H groups in total. The maximum Gasteiger partial charge on any atom is 0.120 e. The first-order valence-corrected chi connectivity index (χ1v) is 6.54. The molecule has 4 heteroatoms. The van der Waals surface area contributed by atoms with E-state index in [2.05, 4.69) is 28.2 Å². The number of hydrogen-bond donors (Lipinski definition) is 1. The molecular formula is C13H13BrClNO. The van der Waals surface area contributed by atoms with Gasteiger partial charge < -0.3 is 9.73 Å². The van der Waals surface area contributed by atoms with Gasteiger partial charge in [-0.15, -0.1) is 0 Å². The summed E-state index contributed by atoms with van der Waals surface area (Å²) in [6.45, 7) is 2.83. The molecule has 0 saturated heterocycles. The molecule has 2 nitrogen and oxygen atoms in total. The summed E-state index contributed by atoms with van der Waals surface area (Å²) in [4.78, 5) is 0. The van der Waals surface area contributed by atoms with Crippen LogP contribution in [-0.2, 0) is 6.54 Å². The minimum Gasteiger partial charge on any atom is -0.468 e. The molecule has 1 heterocycles. The molecule has 0 aliphatic rings. The monoisotopic (exact) mass is 313 g/mol. The van der Waals surface area contributed by atoms with Gasteiger partial charge in [0.1, 0.15) is 5.76 Å². The normalized spacial score (nSPS) is 12.6. The fraction of sp³-hybridized carbons (Fsp3) is 0.231. The lowest BCUT2D eigenvalue weighted by molar-refractivity contribution is 0.430. The summed E-state index contributed by atoms with van der Waals surface area (Å²) < 4.78 is 6.25. The van der Waals surface area contributed by atoms with Crippen molar-refractivity contribution in [2.45, 2.75) is 19.5 Å². The van der Waals surface area contributed by atoms with Crippen molar-refractivity contribution < 1.29 is 4.42 Å². The predicted molar refractivity (Wildman–Crippen MR) is 73.1 cm³/mol. The number of rotatable bonds is 4. The van der Waals surface area contributed by atoms with Crippen LogP contribution in [0.5, 0.6) is 0 Å². The molecule has 0 aliphatic carbocycles. The number of halogens is 2. The molecule has 0 radical (unpaired) electrons. The minimum absolute atomic E-state index is 0.187. The molecule has 90 valence electrons. The van der Waals surface area contributed by atoms with Crippen LogP contribution >= 0.6 is 27.5 Å². The van der Waals surface area contributed by atoms with E-state index in [0.717, 1.165) is 27.4 Å². The first-order chi connectivity index (χ1) is 8.16. The maximum absolute atomic E-state index is 6.04. The summed E-state index contributed by atoms with van der Waals surface area (Å²) in [5.74, 6) is 0.938. The van der Waals surface area contributed by atoms with Gasteiger partial charge in [0.15, 0.2) is 0 Å². The fourth-order valence-electron chi connectivity index (χ4n) is 1.56. The second-order valence-electron chi connectivity index (χ2n) is 3.87.